The fraction of sp³-hybridized carbons (Fsp3) is 0.182. The van der Waals surface area contributed by atoms with E-state index < -0.39 is 10.0 Å². The van der Waals surface area contributed by atoms with Crippen molar-refractivity contribution in [2.45, 2.75) is 4.90 Å². The van der Waals surface area contributed by atoms with Crippen LogP contribution < -0.4 is 0 Å². The van der Waals surface area contributed by atoms with Crippen LogP contribution in [0.1, 0.15) is 0 Å². The van der Waals surface area contributed by atoms with Crippen molar-refractivity contribution in [1.29, 1.82) is 0 Å². The van der Waals surface area contributed by atoms with E-state index in [4.69, 9.17) is 0 Å². The van der Waals surface area contributed by atoms with Crippen LogP contribution in [0.15, 0.2) is 47.4 Å². The fourth-order valence-electron chi connectivity index (χ4n) is 1.52. The lowest BCUT2D eigenvalue weighted by Gasteiger charge is -2.21. The first-order chi connectivity index (χ1) is 7.60. The van der Waals surface area contributed by atoms with E-state index in [-0.39, 0.29) is 23.8 Å². The Morgan fingerprint density at radius 1 is 1.12 bits per heavy atom. The van der Waals surface area contributed by atoms with Gasteiger partial charge in [0.05, 0.1) is 11.4 Å². The van der Waals surface area contributed by atoms with Crippen LogP contribution in [0.25, 0.3) is 0 Å². The minimum absolute atomic E-state index is 0.0757. The normalized spacial score (nSPS) is 17.6. The maximum absolute atomic E-state index is 12.1. The van der Waals surface area contributed by atoms with Crippen molar-refractivity contribution in [2.24, 2.45) is 0 Å². The van der Waals surface area contributed by atoms with Crippen LogP contribution in [0.3, 0.4) is 0 Å². The van der Waals surface area contributed by atoms with Gasteiger partial charge >= 0.3 is 0 Å². The minimum Gasteiger partial charge on any atom is -0.293 e. The van der Waals surface area contributed by atoms with Gasteiger partial charge < -0.3 is 0 Å². The zero-order valence-corrected chi connectivity index (χ0v) is 9.35. The predicted octanol–water partition coefficient (Wildman–Crippen LogP) is 0.816. The molecule has 0 fully saturated rings. The molecule has 1 aliphatic rings. The van der Waals surface area contributed by atoms with Gasteiger partial charge in [-0.1, -0.05) is 24.3 Å². The molecule has 0 saturated heterocycles. The second kappa shape index (κ2) is 4.19. The van der Waals surface area contributed by atoms with Gasteiger partial charge in [0, 0.05) is 6.54 Å². The highest BCUT2D eigenvalue weighted by atomic mass is 32.2. The van der Waals surface area contributed by atoms with Crippen LogP contribution in [-0.4, -0.2) is 31.6 Å². The molecular formula is C11H11NO3S. The van der Waals surface area contributed by atoms with Crippen LogP contribution >= 0.6 is 0 Å². The number of rotatable bonds is 2. The van der Waals surface area contributed by atoms with Crippen LogP contribution in [0.4, 0.5) is 0 Å². The van der Waals surface area contributed by atoms with Crippen molar-refractivity contribution >= 4 is 15.8 Å². The number of carbonyl (C=O) groups is 1. The average Bonchev–Trinajstić information content (AvgIpc) is 2.30. The number of hydrogen-bond donors (Lipinski definition) is 0. The number of hydrogen-bond acceptors (Lipinski definition) is 3. The van der Waals surface area contributed by atoms with Crippen molar-refractivity contribution in [3.63, 3.8) is 0 Å². The third kappa shape index (κ3) is 2.05. The molecule has 0 unspecified atom stereocenters. The SMILES string of the molecule is O=C1C=CCN(S(=O)(=O)c2ccccc2)C1. The lowest BCUT2D eigenvalue weighted by atomic mass is 10.3. The second-order valence-corrected chi connectivity index (χ2v) is 5.42. The smallest absolute Gasteiger partial charge is 0.243 e. The first-order valence-corrected chi connectivity index (χ1v) is 6.29. The molecule has 0 N–H and O–H groups in total. The molecular weight excluding hydrogens is 226 g/mol. The topological polar surface area (TPSA) is 54.5 Å². The molecule has 1 aromatic carbocycles. The second-order valence-electron chi connectivity index (χ2n) is 3.48. The lowest BCUT2D eigenvalue weighted by Crippen LogP contribution is -2.37. The Labute approximate surface area is 94.2 Å². The summed E-state index contributed by atoms with van der Waals surface area (Å²) in [5, 5.41) is 0. The fourth-order valence-corrected chi connectivity index (χ4v) is 2.90. The van der Waals surface area contributed by atoms with E-state index in [1.165, 1.54) is 22.5 Å². The van der Waals surface area contributed by atoms with Gasteiger partial charge in [0.25, 0.3) is 0 Å². The Balaban J connectivity index is 2.34. The van der Waals surface area contributed by atoms with E-state index in [1.807, 2.05) is 0 Å². The highest BCUT2D eigenvalue weighted by molar-refractivity contribution is 7.89. The largest absolute Gasteiger partial charge is 0.293 e. The van der Waals surface area contributed by atoms with Crippen molar-refractivity contribution in [3.05, 3.63) is 42.5 Å². The molecule has 0 saturated carbocycles. The summed E-state index contributed by atoms with van der Waals surface area (Å²) in [6.45, 7) is 0.177. The highest BCUT2D eigenvalue weighted by Crippen LogP contribution is 2.16. The van der Waals surface area contributed by atoms with Crippen LogP contribution in [-0.2, 0) is 14.8 Å². The summed E-state index contributed by atoms with van der Waals surface area (Å²) in [7, 11) is -3.53. The summed E-state index contributed by atoms with van der Waals surface area (Å²) in [4.78, 5) is 11.4. The van der Waals surface area contributed by atoms with Gasteiger partial charge in [-0.15, -0.1) is 0 Å². The highest BCUT2D eigenvalue weighted by Gasteiger charge is 2.26. The van der Waals surface area contributed by atoms with E-state index in [9.17, 15) is 13.2 Å². The quantitative estimate of drug-likeness (QED) is 0.765. The number of benzene rings is 1. The van der Waals surface area contributed by atoms with E-state index in [2.05, 4.69) is 0 Å². The molecule has 84 valence electrons. The van der Waals surface area contributed by atoms with Crippen molar-refractivity contribution < 1.29 is 13.2 Å². The molecule has 0 atom stereocenters. The van der Waals surface area contributed by atoms with Crippen LogP contribution in [0.2, 0.25) is 0 Å². The summed E-state index contributed by atoms with van der Waals surface area (Å²) < 4.78 is 25.3. The predicted molar refractivity (Wildman–Crippen MR) is 59.3 cm³/mol. The number of nitrogens with zero attached hydrogens (tertiary/aromatic N) is 1. The van der Waals surface area contributed by atoms with E-state index in [0.29, 0.717) is 0 Å². The number of carbonyl (C=O) groups excluding carboxylic acids is 1. The van der Waals surface area contributed by atoms with Crippen molar-refractivity contribution in [3.8, 4) is 0 Å². The zero-order chi connectivity index (χ0) is 11.6. The third-order valence-electron chi connectivity index (χ3n) is 2.33. The van der Waals surface area contributed by atoms with Crippen molar-refractivity contribution in [2.75, 3.05) is 13.1 Å². The molecule has 0 aliphatic carbocycles. The average molecular weight is 237 g/mol. The standard InChI is InChI=1S/C11H11NO3S/c13-10-5-4-8-12(9-10)16(14,15)11-6-2-1-3-7-11/h1-7H,8-9H2. The maximum atomic E-state index is 12.1. The molecule has 4 nitrogen and oxygen atoms in total. The van der Waals surface area contributed by atoms with E-state index >= 15 is 0 Å². The Bertz CT molecular complexity index is 519. The molecule has 1 aromatic rings. The summed E-state index contributed by atoms with van der Waals surface area (Å²) >= 11 is 0. The summed E-state index contributed by atoms with van der Waals surface area (Å²) in [5.41, 5.74) is 0. The van der Waals surface area contributed by atoms with Gasteiger partial charge in [-0.25, -0.2) is 8.42 Å². The molecule has 0 radical (unpaired) electrons. The van der Waals surface area contributed by atoms with Gasteiger partial charge in [0.2, 0.25) is 10.0 Å². The first kappa shape index (κ1) is 11.0. The van der Waals surface area contributed by atoms with Gasteiger partial charge in [-0.2, -0.15) is 4.31 Å². The molecule has 0 amide bonds. The zero-order valence-electron chi connectivity index (χ0n) is 8.54. The van der Waals surface area contributed by atoms with Gasteiger partial charge in [-0.05, 0) is 18.2 Å². The molecule has 0 aromatic heterocycles. The van der Waals surface area contributed by atoms with E-state index in [1.54, 1.807) is 24.3 Å². The summed E-state index contributed by atoms with van der Waals surface area (Å²) in [6.07, 6.45) is 2.98. The summed E-state index contributed by atoms with van der Waals surface area (Å²) in [6, 6.07) is 8.12. The van der Waals surface area contributed by atoms with Gasteiger partial charge in [0.1, 0.15) is 0 Å². The summed E-state index contributed by atoms with van der Waals surface area (Å²) in [5.74, 6) is -0.189. The third-order valence-corrected chi connectivity index (χ3v) is 4.15. The number of sulfonamides is 1. The van der Waals surface area contributed by atoms with Crippen LogP contribution in [0.5, 0.6) is 0 Å². The number of ketones is 1. The Hall–Kier alpha value is -1.46. The maximum Gasteiger partial charge on any atom is 0.243 e. The monoisotopic (exact) mass is 237 g/mol. The Morgan fingerprint density at radius 2 is 1.81 bits per heavy atom. The van der Waals surface area contributed by atoms with Crippen molar-refractivity contribution in [1.82, 2.24) is 4.31 Å². The van der Waals surface area contributed by atoms with Gasteiger partial charge in [0.15, 0.2) is 5.78 Å². The van der Waals surface area contributed by atoms with E-state index in [0.717, 1.165) is 0 Å². The molecule has 2 rings (SSSR count). The molecule has 0 spiro atoms. The molecule has 5 heteroatoms. The first-order valence-electron chi connectivity index (χ1n) is 4.85. The minimum atomic E-state index is -3.53. The van der Waals surface area contributed by atoms with Gasteiger partial charge in [-0.3, -0.25) is 4.79 Å². The molecule has 0 bridgehead atoms. The molecule has 16 heavy (non-hydrogen) atoms. The molecule has 1 heterocycles. The van der Waals surface area contributed by atoms with Crippen LogP contribution in [0, 0.1) is 0 Å². The Morgan fingerprint density at radius 3 is 2.44 bits per heavy atom. The lowest BCUT2D eigenvalue weighted by molar-refractivity contribution is -0.115. The molecule has 1 aliphatic heterocycles. The Kier molecular flexibility index (Phi) is 2.89.